The van der Waals surface area contributed by atoms with Crippen LogP contribution in [-0.4, -0.2) is 29.1 Å². The molecular formula is C16H21N3OS. The van der Waals surface area contributed by atoms with Crippen LogP contribution in [0.1, 0.15) is 19.3 Å². The first-order valence-corrected chi connectivity index (χ1v) is 7.11. The summed E-state index contributed by atoms with van der Waals surface area (Å²) in [6.07, 6.45) is 4.25. The van der Waals surface area contributed by atoms with Crippen LogP contribution in [-0.2, 0) is 4.79 Å². The Morgan fingerprint density at radius 2 is 2.29 bits per heavy atom. The fraction of sp³-hybridized carbons (Fsp3) is 0.375. The van der Waals surface area contributed by atoms with Gasteiger partial charge in [-0.3, -0.25) is 9.89 Å². The van der Waals surface area contributed by atoms with Crippen LogP contribution in [0.3, 0.4) is 0 Å². The number of nitrogens with zero attached hydrogens (tertiary/aromatic N) is 2. The molecule has 1 fully saturated rings. The number of hydrogen-bond acceptors (Lipinski definition) is 3. The summed E-state index contributed by atoms with van der Waals surface area (Å²) < 4.78 is 0. The zero-order valence-corrected chi connectivity index (χ0v) is 13.0. The molecule has 0 aliphatic carbocycles. The van der Waals surface area contributed by atoms with Gasteiger partial charge in [-0.2, -0.15) is 18.6 Å². The third-order valence-electron chi connectivity index (χ3n) is 3.99. The summed E-state index contributed by atoms with van der Waals surface area (Å²) in [7, 11) is 0. The molecule has 21 heavy (non-hydrogen) atoms. The van der Waals surface area contributed by atoms with Crippen molar-refractivity contribution < 1.29 is 4.79 Å². The van der Waals surface area contributed by atoms with Gasteiger partial charge >= 0.3 is 0 Å². The van der Waals surface area contributed by atoms with Crippen LogP contribution in [0.15, 0.2) is 36.9 Å². The van der Waals surface area contributed by atoms with Gasteiger partial charge in [0.15, 0.2) is 11.6 Å². The van der Waals surface area contributed by atoms with Crippen LogP contribution < -0.4 is 4.90 Å². The van der Waals surface area contributed by atoms with E-state index in [9.17, 15) is 4.79 Å². The Bertz CT molecular complexity index is 637. The largest absolute Gasteiger partial charge is 0.354 e. The number of allylic oxidation sites excluding steroid dienone is 1. The number of nitrogens with one attached hydrogen (secondary N) is 1. The van der Waals surface area contributed by atoms with E-state index in [0.29, 0.717) is 12.3 Å². The average Bonchev–Trinajstić information content (AvgIpc) is 2.91. The summed E-state index contributed by atoms with van der Waals surface area (Å²) in [5.74, 6) is 1.56. The van der Waals surface area contributed by atoms with Crippen molar-refractivity contribution in [1.29, 1.82) is 0 Å². The summed E-state index contributed by atoms with van der Waals surface area (Å²) in [4.78, 5) is 13.8. The van der Waals surface area contributed by atoms with E-state index >= 15 is 0 Å². The third-order valence-corrected chi connectivity index (χ3v) is 3.99. The Balaban J connectivity index is 0.00000161. The van der Waals surface area contributed by atoms with Gasteiger partial charge < -0.3 is 4.90 Å². The number of carbonyl (C=O) groups is 1. The van der Waals surface area contributed by atoms with Crippen molar-refractivity contribution in [3.05, 3.63) is 36.9 Å². The van der Waals surface area contributed by atoms with Gasteiger partial charge in [-0.25, -0.2) is 0 Å². The average molecular weight is 303 g/mol. The molecule has 0 bridgehead atoms. The van der Waals surface area contributed by atoms with Gasteiger partial charge in [0.05, 0.1) is 5.52 Å². The first-order valence-electron chi connectivity index (χ1n) is 7.11. The van der Waals surface area contributed by atoms with Crippen molar-refractivity contribution in [3.8, 4) is 0 Å². The SMILES string of the molecule is C=CC(=O)C[C@H]1CCCN(c2n[nH]c3ccccc23)C1.S. The Labute approximate surface area is 131 Å². The van der Waals surface area contributed by atoms with E-state index in [1.807, 2.05) is 18.2 Å². The number of hydrogen-bond donors (Lipinski definition) is 1. The third kappa shape index (κ3) is 3.29. The van der Waals surface area contributed by atoms with Crippen LogP contribution in [0.5, 0.6) is 0 Å². The molecule has 1 aliphatic heterocycles. The minimum atomic E-state index is 0. The molecule has 1 saturated heterocycles. The highest BCUT2D eigenvalue weighted by atomic mass is 32.1. The minimum Gasteiger partial charge on any atom is -0.354 e. The molecule has 1 aromatic carbocycles. The molecule has 0 saturated carbocycles. The number of benzene rings is 1. The second kappa shape index (κ2) is 6.80. The van der Waals surface area contributed by atoms with Crippen molar-refractivity contribution in [2.75, 3.05) is 18.0 Å². The molecule has 0 unspecified atom stereocenters. The van der Waals surface area contributed by atoms with Gasteiger partial charge in [0, 0.05) is 24.9 Å². The lowest BCUT2D eigenvalue weighted by Crippen LogP contribution is -2.36. The van der Waals surface area contributed by atoms with Gasteiger partial charge in [-0.1, -0.05) is 18.7 Å². The van der Waals surface area contributed by atoms with E-state index in [1.54, 1.807) is 0 Å². The number of aromatic amines is 1. The van der Waals surface area contributed by atoms with Crippen molar-refractivity contribution in [1.82, 2.24) is 10.2 Å². The molecule has 0 amide bonds. The fourth-order valence-corrected chi connectivity index (χ4v) is 2.98. The predicted octanol–water partition coefficient (Wildman–Crippen LogP) is 3.04. The topological polar surface area (TPSA) is 49.0 Å². The number of ketones is 1. The van der Waals surface area contributed by atoms with Gasteiger partial charge in [0.2, 0.25) is 0 Å². The molecule has 2 aromatic rings. The molecule has 1 aromatic heterocycles. The van der Waals surface area contributed by atoms with Gasteiger partial charge in [-0.05, 0) is 37.0 Å². The van der Waals surface area contributed by atoms with Crippen LogP contribution in [0, 0.1) is 5.92 Å². The lowest BCUT2D eigenvalue weighted by atomic mass is 9.93. The molecule has 0 radical (unpaired) electrons. The Morgan fingerprint density at radius 1 is 1.48 bits per heavy atom. The minimum absolute atomic E-state index is 0. The van der Waals surface area contributed by atoms with Crippen molar-refractivity contribution in [3.63, 3.8) is 0 Å². The van der Waals surface area contributed by atoms with Crippen molar-refractivity contribution in [2.24, 2.45) is 5.92 Å². The molecule has 1 N–H and O–H groups in total. The summed E-state index contributed by atoms with van der Waals surface area (Å²) >= 11 is 0. The molecule has 1 aliphatic rings. The lowest BCUT2D eigenvalue weighted by molar-refractivity contribution is -0.115. The number of carbonyl (C=O) groups excluding carboxylic acids is 1. The number of rotatable bonds is 4. The van der Waals surface area contributed by atoms with Crippen molar-refractivity contribution in [2.45, 2.75) is 19.3 Å². The molecular weight excluding hydrogens is 282 g/mol. The summed E-state index contributed by atoms with van der Waals surface area (Å²) in [6.45, 7) is 5.46. The summed E-state index contributed by atoms with van der Waals surface area (Å²) in [6, 6.07) is 8.16. The van der Waals surface area contributed by atoms with E-state index in [2.05, 4.69) is 27.7 Å². The number of anilines is 1. The Hall–Kier alpha value is -1.75. The van der Waals surface area contributed by atoms with E-state index in [0.717, 1.165) is 42.7 Å². The standard InChI is InChI=1S/C16H19N3O.H2S/c1-2-13(20)10-12-6-5-9-19(11-12)16-14-7-3-4-8-15(14)17-18-16;/h2-4,7-8,12H,1,5-6,9-11H2,(H,17,18);1H2/t12-;/m1./s1. The Morgan fingerprint density at radius 3 is 3.10 bits per heavy atom. The maximum Gasteiger partial charge on any atom is 0.158 e. The molecule has 4 nitrogen and oxygen atoms in total. The highest BCUT2D eigenvalue weighted by Gasteiger charge is 2.24. The van der Waals surface area contributed by atoms with Gasteiger partial charge in [0.25, 0.3) is 0 Å². The maximum absolute atomic E-state index is 11.5. The number of fused-ring (bicyclic) bond motifs is 1. The predicted molar refractivity (Wildman–Crippen MR) is 91.2 cm³/mol. The zero-order valence-electron chi connectivity index (χ0n) is 12.0. The number of piperidine rings is 1. The van der Waals surface area contributed by atoms with Crippen LogP contribution in [0.2, 0.25) is 0 Å². The first kappa shape index (κ1) is 15.6. The molecule has 3 rings (SSSR count). The first-order chi connectivity index (χ1) is 9.78. The second-order valence-electron chi connectivity index (χ2n) is 5.42. The van der Waals surface area contributed by atoms with Crippen LogP contribution in [0.4, 0.5) is 5.82 Å². The monoisotopic (exact) mass is 303 g/mol. The van der Waals surface area contributed by atoms with Crippen LogP contribution in [0.25, 0.3) is 10.9 Å². The smallest absolute Gasteiger partial charge is 0.158 e. The zero-order chi connectivity index (χ0) is 13.9. The molecule has 2 heterocycles. The van der Waals surface area contributed by atoms with E-state index < -0.39 is 0 Å². The highest BCUT2D eigenvalue weighted by Crippen LogP contribution is 2.29. The number of aromatic nitrogens is 2. The number of para-hydroxylation sites is 1. The summed E-state index contributed by atoms with van der Waals surface area (Å²) in [5.41, 5.74) is 1.06. The quantitative estimate of drug-likeness (QED) is 0.883. The molecule has 1 atom stereocenters. The number of H-pyrrole nitrogens is 1. The van der Waals surface area contributed by atoms with E-state index in [4.69, 9.17) is 0 Å². The molecule has 5 heteroatoms. The lowest BCUT2D eigenvalue weighted by Gasteiger charge is -2.32. The van der Waals surface area contributed by atoms with Crippen LogP contribution >= 0.6 is 13.5 Å². The van der Waals surface area contributed by atoms with Gasteiger partial charge in [0.1, 0.15) is 0 Å². The normalized spacial score (nSPS) is 18.3. The second-order valence-corrected chi connectivity index (χ2v) is 5.42. The van der Waals surface area contributed by atoms with E-state index in [-0.39, 0.29) is 19.3 Å². The molecule has 0 spiro atoms. The Kier molecular flexibility index (Phi) is 5.07. The van der Waals surface area contributed by atoms with E-state index in [1.165, 1.54) is 6.08 Å². The van der Waals surface area contributed by atoms with Gasteiger partial charge in [-0.15, -0.1) is 0 Å². The van der Waals surface area contributed by atoms with Crippen molar-refractivity contribution >= 4 is 36.0 Å². The molecule has 112 valence electrons. The summed E-state index contributed by atoms with van der Waals surface area (Å²) in [5, 5.41) is 8.68. The highest BCUT2D eigenvalue weighted by molar-refractivity contribution is 7.59. The maximum atomic E-state index is 11.5. The fourth-order valence-electron chi connectivity index (χ4n) is 2.98.